The fraction of sp³-hybridized carbons (Fsp3) is 0.364. The Morgan fingerprint density at radius 3 is 2.48 bits per heavy atom. The molecule has 5 rings (SSSR count). The maximum Gasteiger partial charge on any atom is 0.223 e. The Morgan fingerprint density at radius 2 is 1.70 bits per heavy atom. The Balaban J connectivity index is 1.38. The van der Waals surface area contributed by atoms with Gasteiger partial charge in [-0.2, -0.15) is 0 Å². The average molecular weight is 360 g/mol. The van der Waals surface area contributed by atoms with E-state index in [1.165, 1.54) is 0 Å². The summed E-state index contributed by atoms with van der Waals surface area (Å²) in [5.41, 5.74) is 3.16. The van der Waals surface area contributed by atoms with Crippen molar-refractivity contribution < 1.29 is 4.79 Å². The molecule has 2 aliphatic heterocycles. The molecule has 3 aromatic rings. The van der Waals surface area contributed by atoms with Crippen LogP contribution in [0.25, 0.3) is 16.7 Å². The average Bonchev–Trinajstić information content (AvgIpc) is 3.39. The van der Waals surface area contributed by atoms with Crippen LogP contribution in [0.5, 0.6) is 0 Å². The lowest BCUT2D eigenvalue weighted by atomic mass is 10.0. The molecule has 1 amide bonds. The first-order valence-corrected chi connectivity index (χ1v) is 9.80. The summed E-state index contributed by atoms with van der Waals surface area (Å²) in [6.45, 7) is 3.92. The third-order valence-corrected chi connectivity index (χ3v) is 5.95. The van der Waals surface area contributed by atoms with Crippen molar-refractivity contribution in [3.8, 4) is 5.69 Å². The van der Waals surface area contributed by atoms with Crippen molar-refractivity contribution in [3.05, 3.63) is 60.4 Å². The molecule has 0 saturated carbocycles. The highest BCUT2D eigenvalue weighted by molar-refractivity contribution is 5.79. The number of nitrogens with zero attached hydrogens (tertiary/aromatic N) is 3. The minimum Gasteiger partial charge on any atom is -0.342 e. The Morgan fingerprint density at radius 1 is 1.00 bits per heavy atom. The van der Waals surface area contributed by atoms with Crippen molar-refractivity contribution in [2.24, 2.45) is 11.8 Å². The quantitative estimate of drug-likeness (QED) is 0.778. The molecule has 0 unspecified atom stereocenters. The van der Waals surface area contributed by atoms with Gasteiger partial charge in [-0.3, -0.25) is 9.36 Å². The molecule has 0 bridgehead atoms. The number of aromatic nitrogens is 2. The molecular formula is C22H24N4O. The van der Waals surface area contributed by atoms with Gasteiger partial charge in [0.15, 0.2) is 0 Å². The van der Waals surface area contributed by atoms with Gasteiger partial charge in [0, 0.05) is 44.7 Å². The summed E-state index contributed by atoms with van der Waals surface area (Å²) in [6, 6.07) is 18.5. The lowest BCUT2D eigenvalue weighted by Gasteiger charge is -2.17. The van der Waals surface area contributed by atoms with Crippen LogP contribution in [0.4, 0.5) is 0 Å². The number of rotatable bonds is 4. The van der Waals surface area contributed by atoms with Crippen molar-refractivity contribution in [1.29, 1.82) is 0 Å². The van der Waals surface area contributed by atoms with Crippen LogP contribution in [-0.4, -0.2) is 46.5 Å². The maximum atomic E-state index is 12.8. The van der Waals surface area contributed by atoms with E-state index in [2.05, 4.69) is 33.0 Å². The van der Waals surface area contributed by atoms with Crippen molar-refractivity contribution >= 4 is 16.9 Å². The van der Waals surface area contributed by atoms with E-state index in [9.17, 15) is 4.79 Å². The molecular weight excluding hydrogens is 336 g/mol. The minimum atomic E-state index is 0.260. The molecule has 2 saturated heterocycles. The lowest BCUT2D eigenvalue weighted by molar-refractivity contribution is -0.130. The second kappa shape index (κ2) is 6.82. The fourth-order valence-corrected chi connectivity index (χ4v) is 4.54. The van der Waals surface area contributed by atoms with Crippen LogP contribution in [0.15, 0.2) is 54.6 Å². The summed E-state index contributed by atoms with van der Waals surface area (Å²) in [5.74, 6) is 2.50. The number of hydrogen-bond acceptors (Lipinski definition) is 3. The Bertz CT molecular complexity index is 953. The number of likely N-dealkylation sites (tertiary alicyclic amines) is 1. The van der Waals surface area contributed by atoms with Gasteiger partial charge in [0.2, 0.25) is 5.91 Å². The Kier molecular flexibility index (Phi) is 4.17. The van der Waals surface area contributed by atoms with E-state index in [0.29, 0.717) is 24.7 Å². The van der Waals surface area contributed by atoms with Crippen molar-refractivity contribution in [2.75, 3.05) is 26.2 Å². The van der Waals surface area contributed by atoms with Crippen molar-refractivity contribution in [3.63, 3.8) is 0 Å². The molecule has 0 radical (unpaired) electrons. The van der Waals surface area contributed by atoms with Gasteiger partial charge in [-0.1, -0.05) is 30.3 Å². The summed E-state index contributed by atoms with van der Waals surface area (Å²) < 4.78 is 2.19. The Hall–Kier alpha value is -2.66. The molecule has 1 N–H and O–H groups in total. The highest BCUT2D eigenvalue weighted by Gasteiger charge is 2.37. The number of hydrogen-bond donors (Lipinski definition) is 1. The number of aryl methyl sites for hydroxylation is 1. The fourth-order valence-electron chi connectivity index (χ4n) is 4.54. The van der Waals surface area contributed by atoms with Gasteiger partial charge < -0.3 is 10.2 Å². The molecule has 2 fully saturated rings. The lowest BCUT2D eigenvalue weighted by Crippen LogP contribution is -2.32. The van der Waals surface area contributed by atoms with Gasteiger partial charge in [-0.15, -0.1) is 0 Å². The van der Waals surface area contributed by atoms with Gasteiger partial charge >= 0.3 is 0 Å². The van der Waals surface area contributed by atoms with Crippen molar-refractivity contribution in [2.45, 2.75) is 12.8 Å². The zero-order valence-corrected chi connectivity index (χ0v) is 15.3. The highest BCUT2D eigenvalue weighted by atomic mass is 16.2. The molecule has 2 aromatic carbocycles. The molecule has 0 spiro atoms. The first-order chi connectivity index (χ1) is 13.3. The van der Waals surface area contributed by atoms with Crippen LogP contribution in [0.1, 0.15) is 12.2 Å². The van der Waals surface area contributed by atoms with Crippen LogP contribution >= 0.6 is 0 Å². The van der Waals surface area contributed by atoms with Gasteiger partial charge in [-0.25, -0.2) is 4.98 Å². The molecule has 5 nitrogen and oxygen atoms in total. The van der Waals surface area contributed by atoms with E-state index in [0.717, 1.165) is 48.7 Å². The second-order valence-electron chi connectivity index (χ2n) is 7.66. The zero-order valence-electron chi connectivity index (χ0n) is 15.3. The van der Waals surface area contributed by atoms with E-state index in [1.807, 2.05) is 36.4 Å². The van der Waals surface area contributed by atoms with E-state index in [-0.39, 0.29) is 5.91 Å². The summed E-state index contributed by atoms with van der Waals surface area (Å²) in [7, 11) is 0. The number of nitrogens with one attached hydrogen (secondary N) is 1. The number of para-hydroxylation sites is 3. The first-order valence-electron chi connectivity index (χ1n) is 9.80. The number of carbonyl (C=O) groups excluding carboxylic acids is 1. The normalized spacial score (nSPS) is 21.7. The number of fused-ring (bicyclic) bond motifs is 2. The number of benzene rings is 2. The third-order valence-electron chi connectivity index (χ3n) is 5.95. The standard InChI is InChI=1S/C22H24N4O/c27-22(25-14-16-12-23-13-17(16)15-25)11-10-21-24-19-8-4-5-9-20(19)26(21)18-6-2-1-3-7-18/h1-9,16-17,23H,10-15H2/t16-,17+. The summed E-state index contributed by atoms with van der Waals surface area (Å²) in [6.07, 6.45) is 1.18. The van der Waals surface area contributed by atoms with E-state index in [1.54, 1.807) is 0 Å². The van der Waals surface area contributed by atoms with Crippen LogP contribution in [0.3, 0.4) is 0 Å². The predicted octanol–water partition coefficient (Wildman–Crippen LogP) is 2.64. The van der Waals surface area contributed by atoms with Crippen LogP contribution in [0, 0.1) is 11.8 Å². The first kappa shape index (κ1) is 16.5. The molecule has 3 heterocycles. The van der Waals surface area contributed by atoms with E-state index < -0.39 is 0 Å². The van der Waals surface area contributed by atoms with E-state index in [4.69, 9.17) is 4.98 Å². The molecule has 27 heavy (non-hydrogen) atoms. The predicted molar refractivity (Wildman–Crippen MR) is 106 cm³/mol. The maximum absolute atomic E-state index is 12.8. The third kappa shape index (κ3) is 3.02. The van der Waals surface area contributed by atoms with Crippen molar-refractivity contribution in [1.82, 2.24) is 19.8 Å². The van der Waals surface area contributed by atoms with Gasteiger partial charge in [0.05, 0.1) is 11.0 Å². The monoisotopic (exact) mass is 360 g/mol. The number of imidazole rings is 1. The largest absolute Gasteiger partial charge is 0.342 e. The SMILES string of the molecule is O=C(CCc1nc2ccccc2n1-c1ccccc1)N1C[C@H]2CNC[C@H]2C1. The van der Waals surface area contributed by atoms with Crippen LogP contribution in [-0.2, 0) is 11.2 Å². The molecule has 138 valence electrons. The van der Waals surface area contributed by atoms with Crippen LogP contribution in [0.2, 0.25) is 0 Å². The second-order valence-corrected chi connectivity index (χ2v) is 7.66. The molecule has 2 atom stereocenters. The van der Waals surface area contributed by atoms with Gasteiger partial charge in [0.1, 0.15) is 5.82 Å². The Labute approximate surface area is 159 Å². The van der Waals surface area contributed by atoms with E-state index >= 15 is 0 Å². The molecule has 0 aliphatic carbocycles. The molecule has 1 aromatic heterocycles. The molecule has 2 aliphatic rings. The topological polar surface area (TPSA) is 50.2 Å². The van der Waals surface area contributed by atoms with Gasteiger partial charge in [0.25, 0.3) is 0 Å². The minimum absolute atomic E-state index is 0.260. The summed E-state index contributed by atoms with van der Waals surface area (Å²) in [4.78, 5) is 19.7. The smallest absolute Gasteiger partial charge is 0.223 e. The number of amides is 1. The zero-order chi connectivity index (χ0) is 18.2. The van der Waals surface area contributed by atoms with Crippen LogP contribution < -0.4 is 5.32 Å². The van der Waals surface area contributed by atoms with Gasteiger partial charge in [-0.05, 0) is 36.1 Å². The summed E-state index contributed by atoms with van der Waals surface area (Å²) in [5, 5.41) is 3.43. The summed E-state index contributed by atoms with van der Waals surface area (Å²) >= 11 is 0. The molecule has 5 heteroatoms. The highest BCUT2D eigenvalue weighted by Crippen LogP contribution is 2.27. The number of carbonyl (C=O) groups is 1.